The van der Waals surface area contributed by atoms with Gasteiger partial charge in [-0.3, -0.25) is 38.4 Å². The van der Waals surface area contributed by atoms with E-state index in [9.17, 15) is 48.6 Å². The Morgan fingerprint density at radius 1 is 0.633 bits per heavy atom. The summed E-state index contributed by atoms with van der Waals surface area (Å²) in [7, 11) is 0. The predicted octanol–water partition coefficient (Wildman–Crippen LogP) is -0.841. The summed E-state index contributed by atoms with van der Waals surface area (Å²) in [4.78, 5) is 112. The highest BCUT2D eigenvalue weighted by atomic mass is 16.3. The molecule has 1 aromatic carbocycles. The monoisotopic (exact) mass is 842 g/mol. The second-order valence-corrected chi connectivity index (χ2v) is 16.9. The van der Waals surface area contributed by atoms with Crippen LogP contribution in [0.4, 0.5) is 0 Å². The molecule has 0 bridgehead atoms. The number of amides is 8. The highest BCUT2D eigenvalue weighted by Gasteiger charge is 2.41. The second kappa shape index (κ2) is 23.0. The molecule has 334 valence electrons. The van der Waals surface area contributed by atoms with Crippen LogP contribution in [-0.4, -0.2) is 130 Å². The van der Waals surface area contributed by atoms with Crippen LogP contribution in [0.25, 0.3) is 0 Å². The van der Waals surface area contributed by atoms with Gasteiger partial charge in [-0.2, -0.15) is 0 Å². The van der Waals surface area contributed by atoms with E-state index >= 15 is 0 Å². The Kier molecular flexibility index (Phi) is 18.9. The summed E-state index contributed by atoms with van der Waals surface area (Å²) in [6, 6.07) is -1.66. The molecule has 1 aromatic rings. The van der Waals surface area contributed by atoms with Crippen molar-refractivity contribution >= 4 is 47.3 Å². The molecule has 2 aliphatic rings. The molecule has 18 heteroatoms. The van der Waals surface area contributed by atoms with Crippen molar-refractivity contribution in [2.75, 3.05) is 13.2 Å². The van der Waals surface area contributed by atoms with E-state index in [0.717, 1.165) is 0 Å². The van der Waals surface area contributed by atoms with Crippen LogP contribution in [0.2, 0.25) is 0 Å². The van der Waals surface area contributed by atoms with Crippen molar-refractivity contribution in [1.82, 2.24) is 42.1 Å². The van der Waals surface area contributed by atoms with E-state index < -0.39 is 114 Å². The van der Waals surface area contributed by atoms with Crippen LogP contribution in [0.3, 0.4) is 0 Å². The highest BCUT2D eigenvalue weighted by Crippen LogP contribution is 2.22. The van der Waals surface area contributed by atoms with E-state index in [1.165, 1.54) is 18.7 Å². The van der Waals surface area contributed by atoms with Crippen molar-refractivity contribution in [2.24, 2.45) is 17.8 Å². The third-order valence-corrected chi connectivity index (χ3v) is 10.8. The van der Waals surface area contributed by atoms with E-state index in [2.05, 4.69) is 37.2 Å². The Hall–Kier alpha value is -5.10. The molecule has 2 fully saturated rings. The Balaban J connectivity index is 2.10. The number of carbonyl (C=O) groups excluding carboxylic acids is 8. The highest BCUT2D eigenvalue weighted by molar-refractivity contribution is 5.99. The number of benzene rings is 1. The van der Waals surface area contributed by atoms with E-state index in [1.807, 2.05) is 34.6 Å². The van der Waals surface area contributed by atoms with Crippen molar-refractivity contribution in [3.8, 4) is 0 Å². The Morgan fingerprint density at radius 3 is 1.67 bits per heavy atom. The zero-order chi connectivity index (χ0) is 44.8. The molecule has 10 atom stereocenters. The maximum atomic E-state index is 14.2. The minimum atomic E-state index is -1.61. The van der Waals surface area contributed by atoms with Gasteiger partial charge in [-0.1, -0.05) is 78.3 Å². The number of hydrogen-bond donors (Lipinski definition) is 9. The zero-order valence-electron chi connectivity index (χ0n) is 36.1. The molecule has 2 aliphatic heterocycles. The molecule has 60 heavy (non-hydrogen) atoms. The molecule has 8 amide bonds. The quantitative estimate of drug-likeness (QED) is 0.141. The fourth-order valence-corrected chi connectivity index (χ4v) is 7.21. The molecule has 0 aromatic heterocycles. The third kappa shape index (κ3) is 14.0. The minimum absolute atomic E-state index is 0.0848. The lowest BCUT2D eigenvalue weighted by Gasteiger charge is -2.33. The molecule has 0 unspecified atom stereocenters. The molecule has 0 spiro atoms. The van der Waals surface area contributed by atoms with E-state index in [-0.39, 0.29) is 37.6 Å². The van der Waals surface area contributed by atoms with Gasteiger partial charge in [0.1, 0.15) is 48.3 Å². The van der Waals surface area contributed by atoms with Crippen LogP contribution in [0.15, 0.2) is 30.3 Å². The lowest BCUT2D eigenvalue weighted by molar-refractivity contribution is -0.143. The Bertz CT molecular complexity index is 1670. The average Bonchev–Trinajstić information content (AvgIpc) is 3.69. The molecule has 0 aliphatic carbocycles. The maximum Gasteiger partial charge on any atom is 0.246 e. The average molecular weight is 843 g/mol. The molecule has 18 nitrogen and oxygen atoms in total. The van der Waals surface area contributed by atoms with Gasteiger partial charge in [0, 0.05) is 13.0 Å². The molecule has 0 radical (unpaired) electrons. The SMILES string of the molecule is CC[C@H](C)[C@@H]1NC(=O)[C@H](C)NC(=O)[C@H]([C@H](C)O)NC(=O)[C@H](Cc2ccccc2)NC(=O)[C@H](CO)NC(=O)[C@H](CC(C)C)NC(=O)[C@H](CC(C)C)NC(=O)[C@@H]2CCCN2C1=O. The van der Waals surface area contributed by atoms with Gasteiger partial charge in [-0.25, -0.2) is 0 Å². The Morgan fingerprint density at radius 2 is 1.13 bits per heavy atom. The van der Waals surface area contributed by atoms with Crippen LogP contribution in [-0.2, 0) is 44.8 Å². The first-order valence-corrected chi connectivity index (χ1v) is 21.0. The van der Waals surface area contributed by atoms with Gasteiger partial charge in [0.2, 0.25) is 47.3 Å². The molecular formula is C42H66N8O10. The van der Waals surface area contributed by atoms with Crippen molar-refractivity contribution in [3.63, 3.8) is 0 Å². The van der Waals surface area contributed by atoms with Gasteiger partial charge in [-0.15, -0.1) is 0 Å². The van der Waals surface area contributed by atoms with Crippen molar-refractivity contribution < 1.29 is 48.6 Å². The van der Waals surface area contributed by atoms with Crippen LogP contribution in [0.1, 0.15) is 93.1 Å². The van der Waals surface area contributed by atoms with Crippen LogP contribution < -0.4 is 37.2 Å². The standard InChI is InChI=1S/C42H66N8O10/c1-9-24(6)33-42(60)50-17-13-16-32(50)40(58)46-29(19-23(4)5)36(54)44-28(18-22(2)3)37(55)47-31(21-51)39(57)45-30(20-27-14-11-10-12-15-27)38(56)49-34(26(8)52)41(59)43-25(7)35(53)48-33/h10-12,14-15,22-26,28-34,51-52H,9,13,16-21H2,1-8H3,(H,43,59)(H,44,54)(H,45,57)(H,46,58)(H,47,55)(H,48,53)(H,49,56)/t24-,25-,26-,28-,29-,30-,31-,32-,33-,34-/m0/s1. The fraction of sp³-hybridized carbons (Fsp3) is 0.667. The van der Waals surface area contributed by atoms with E-state index in [1.54, 1.807) is 37.3 Å². The zero-order valence-corrected chi connectivity index (χ0v) is 36.1. The van der Waals surface area contributed by atoms with Crippen LogP contribution >= 0.6 is 0 Å². The van der Waals surface area contributed by atoms with Crippen LogP contribution in [0, 0.1) is 17.8 Å². The second-order valence-electron chi connectivity index (χ2n) is 16.9. The lowest BCUT2D eigenvalue weighted by Crippen LogP contribution is -2.63. The molecule has 9 N–H and O–H groups in total. The largest absolute Gasteiger partial charge is 0.394 e. The first-order valence-electron chi connectivity index (χ1n) is 21.0. The third-order valence-electron chi connectivity index (χ3n) is 10.8. The fourth-order valence-electron chi connectivity index (χ4n) is 7.21. The summed E-state index contributed by atoms with van der Waals surface area (Å²) in [5.74, 6) is -6.69. The minimum Gasteiger partial charge on any atom is -0.394 e. The van der Waals surface area contributed by atoms with Gasteiger partial charge in [0.25, 0.3) is 0 Å². The van der Waals surface area contributed by atoms with Gasteiger partial charge in [0.15, 0.2) is 0 Å². The van der Waals surface area contributed by atoms with Gasteiger partial charge >= 0.3 is 0 Å². The number of aliphatic hydroxyl groups is 2. The number of nitrogens with one attached hydrogen (secondary N) is 7. The van der Waals surface area contributed by atoms with Gasteiger partial charge in [0.05, 0.1) is 12.7 Å². The molecular weight excluding hydrogens is 777 g/mol. The molecule has 2 saturated heterocycles. The van der Waals surface area contributed by atoms with Gasteiger partial charge < -0.3 is 52.3 Å². The normalized spacial score (nSPS) is 28.3. The topological polar surface area (TPSA) is 264 Å². The first-order chi connectivity index (χ1) is 28.3. The molecule has 0 saturated carbocycles. The summed E-state index contributed by atoms with van der Waals surface area (Å²) in [5.41, 5.74) is 0.604. The van der Waals surface area contributed by atoms with Crippen molar-refractivity contribution in [3.05, 3.63) is 35.9 Å². The number of nitrogens with zero attached hydrogens (tertiary/aromatic N) is 1. The molecule has 3 rings (SSSR count). The number of fused-ring (bicyclic) bond motifs is 1. The van der Waals surface area contributed by atoms with Gasteiger partial charge in [-0.05, 0) is 62.8 Å². The summed E-state index contributed by atoms with van der Waals surface area (Å²) < 4.78 is 0. The predicted molar refractivity (Wildman–Crippen MR) is 221 cm³/mol. The van der Waals surface area contributed by atoms with Crippen molar-refractivity contribution in [1.29, 1.82) is 0 Å². The van der Waals surface area contributed by atoms with Crippen LogP contribution in [0.5, 0.6) is 0 Å². The number of rotatable bonds is 10. The molecule has 2 heterocycles. The lowest BCUT2D eigenvalue weighted by atomic mass is 9.96. The summed E-state index contributed by atoms with van der Waals surface area (Å²) >= 11 is 0. The summed E-state index contributed by atoms with van der Waals surface area (Å²) in [6.07, 6.45) is -0.0355. The first kappa shape index (κ1) is 49.3. The summed E-state index contributed by atoms with van der Waals surface area (Å²) in [6.45, 7) is 12.9. The maximum absolute atomic E-state index is 14.2. The number of aliphatic hydroxyl groups excluding tert-OH is 2. The summed E-state index contributed by atoms with van der Waals surface area (Å²) in [5, 5.41) is 39.2. The number of hydrogen-bond acceptors (Lipinski definition) is 10. The van der Waals surface area contributed by atoms with Crippen molar-refractivity contribution in [2.45, 2.75) is 148 Å². The Labute approximate surface area is 352 Å². The smallest absolute Gasteiger partial charge is 0.246 e. The van der Waals surface area contributed by atoms with E-state index in [4.69, 9.17) is 0 Å². The van der Waals surface area contributed by atoms with E-state index in [0.29, 0.717) is 24.8 Å². The number of carbonyl (C=O) groups is 8.